The van der Waals surface area contributed by atoms with E-state index < -0.39 is 5.41 Å². The zero-order valence-electron chi connectivity index (χ0n) is 20.3. The van der Waals surface area contributed by atoms with Gasteiger partial charge in [-0.25, -0.2) is 0 Å². The van der Waals surface area contributed by atoms with E-state index in [0.717, 1.165) is 61.2 Å². The highest BCUT2D eigenvalue weighted by Crippen LogP contribution is 2.40. The van der Waals surface area contributed by atoms with Crippen molar-refractivity contribution in [3.8, 4) is 11.5 Å². The Balaban J connectivity index is 1.36. The van der Waals surface area contributed by atoms with Gasteiger partial charge in [0.25, 0.3) is 0 Å². The van der Waals surface area contributed by atoms with Crippen LogP contribution in [0.25, 0.3) is 0 Å². The molecule has 1 aliphatic heterocycles. The second-order valence-electron chi connectivity index (χ2n) is 9.49. The van der Waals surface area contributed by atoms with Crippen molar-refractivity contribution >= 4 is 11.8 Å². The molecule has 2 aliphatic rings. The summed E-state index contributed by atoms with van der Waals surface area (Å²) in [5.74, 6) is 1.79. The summed E-state index contributed by atoms with van der Waals surface area (Å²) in [4.78, 5) is 28.4. The maximum atomic E-state index is 13.6. The van der Waals surface area contributed by atoms with Crippen LogP contribution in [0.15, 0.2) is 48.5 Å². The first-order valence-corrected chi connectivity index (χ1v) is 12.4. The molecule has 6 heteroatoms. The van der Waals surface area contributed by atoms with Crippen LogP contribution in [0, 0.1) is 0 Å². The summed E-state index contributed by atoms with van der Waals surface area (Å²) in [5.41, 5.74) is 1.51. The highest BCUT2D eigenvalue weighted by atomic mass is 16.5. The second-order valence-corrected chi connectivity index (χ2v) is 9.49. The Morgan fingerprint density at radius 1 is 0.941 bits per heavy atom. The van der Waals surface area contributed by atoms with Crippen molar-refractivity contribution in [2.24, 2.45) is 0 Å². The molecule has 2 aromatic rings. The van der Waals surface area contributed by atoms with Crippen LogP contribution in [-0.2, 0) is 21.4 Å². The number of rotatable bonds is 7. The summed E-state index contributed by atoms with van der Waals surface area (Å²) in [6, 6.07) is 15.7. The van der Waals surface area contributed by atoms with Gasteiger partial charge in [0, 0.05) is 24.7 Å². The molecule has 0 aromatic heterocycles. The quantitative estimate of drug-likeness (QED) is 0.665. The molecule has 4 rings (SSSR count). The molecule has 2 amide bonds. The molecule has 1 heterocycles. The largest absolute Gasteiger partial charge is 0.497 e. The van der Waals surface area contributed by atoms with Crippen molar-refractivity contribution in [2.75, 3.05) is 27.3 Å². The van der Waals surface area contributed by atoms with Crippen molar-refractivity contribution in [2.45, 2.75) is 62.8 Å². The lowest BCUT2D eigenvalue weighted by Gasteiger charge is -2.39. The molecular weight excluding hydrogens is 428 g/mol. The SMILES string of the molecule is COc1ccc(C2(C(=O)NC3CCN(C(=O)Cc4ccccc4OC)CC3)CCCCC2)cc1. The molecule has 6 nitrogen and oxygen atoms in total. The Morgan fingerprint density at radius 2 is 1.62 bits per heavy atom. The molecule has 0 radical (unpaired) electrons. The van der Waals surface area contributed by atoms with Crippen LogP contribution >= 0.6 is 0 Å². The smallest absolute Gasteiger partial charge is 0.230 e. The summed E-state index contributed by atoms with van der Waals surface area (Å²) in [5, 5.41) is 3.36. The number of hydrogen-bond acceptors (Lipinski definition) is 4. The Bertz CT molecular complexity index is 974. The van der Waals surface area contributed by atoms with E-state index in [1.165, 1.54) is 6.42 Å². The van der Waals surface area contributed by atoms with Gasteiger partial charge in [0.2, 0.25) is 11.8 Å². The molecule has 2 fully saturated rings. The van der Waals surface area contributed by atoms with Gasteiger partial charge in [-0.1, -0.05) is 49.6 Å². The number of piperidine rings is 1. The topological polar surface area (TPSA) is 67.9 Å². The molecule has 182 valence electrons. The second kappa shape index (κ2) is 10.9. The van der Waals surface area contributed by atoms with E-state index in [9.17, 15) is 9.59 Å². The zero-order chi connectivity index (χ0) is 24.0. The van der Waals surface area contributed by atoms with Gasteiger partial charge in [0.15, 0.2) is 0 Å². The Labute approximate surface area is 202 Å². The third-order valence-corrected chi connectivity index (χ3v) is 7.50. The standard InChI is InChI=1S/C28H36N2O4/c1-33-24-12-10-22(11-13-24)28(16-6-3-7-17-28)27(32)29-23-14-18-30(19-15-23)26(31)20-21-8-4-5-9-25(21)34-2/h4-5,8-13,23H,3,6-7,14-20H2,1-2H3,(H,29,32). The minimum atomic E-state index is -0.471. The number of likely N-dealkylation sites (tertiary alicyclic amines) is 1. The van der Waals surface area contributed by atoms with E-state index in [4.69, 9.17) is 9.47 Å². The minimum absolute atomic E-state index is 0.0971. The highest BCUT2D eigenvalue weighted by molar-refractivity contribution is 5.88. The van der Waals surface area contributed by atoms with E-state index in [1.807, 2.05) is 53.4 Å². The molecular formula is C28H36N2O4. The van der Waals surface area contributed by atoms with Gasteiger partial charge in [0.1, 0.15) is 11.5 Å². The first-order valence-electron chi connectivity index (χ1n) is 12.4. The first kappa shape index (κ1) is 24.1. The Hall–Kier alpha value is -3.02. The lowest BCUT2D eigenvalue weighted by Crippen LogP contribution is -2.52. The van der Waals surface area contributed by atoms with Crippen molar-refractivity contribution < 1.29 is 19.1 Å². The van der Waals surface area contributed by atoms with E-state index in [-0.39, 0.29) is 17.9 Å². The van der Waals surface area contributed by atoms with Gasteiger partial charge in [-0.2, -0.15) is 0 Å². The van der Waals surface area contributed by atoms with Crippen molar-refractivity contribution in [3.63, 3.8) is 0 Å². The number of nitrogens with zero attached hydrogens (tertiary/aromatic N) is 1. The van der Waals surface area contributed by atoms with Crippen molar-refractivity contribution in [1.82, 2.24) is 10.2 Å². The van der Waals surface area contributed by atoms with Gasteiger partial charge >= 0.3 is 0 Å². The van der Waals surface area contributed by atoms with Gasteiger partial charge < -0.3 is 19.7 Å². The molecule has 2 aromatic carbocycles. The van der Waals surface area contributed by atoms with Gasteiger partial charge in [-0.15, -0.1) is 0 Å². The lowest BCUT2D eigenvalue weighted by molar-refractivity contribution is -0.132. The van der Waals surface area contributed by atoms with Crippen LogP contribution in [0.5, 0.6) is 11.5 Å². The maximum Gasteiger partial charge on any atom is 0.230 e. The number of para-hydroxylation sites is 1. The van der Waals surface area contributed by atoms with Crippen LogP contribution in [0.4, 0.5) is 0 Å². The van der Waals surface area contributed by atoms with Crippen LogP contribution in [0.3, 0.4) is 0 Å². The summed E-state index contributed by atoms with van der Waals surface area (Å²) >= 11 is 0. The predicted molar refractivity (Wildman–Crippen MR) is 132 cm³/mol. The monoisotopic (exact) mass is 464 g/mol. The minimum Gasteiger partial charge on any atom is -0.497 e. The molecule has 0 bridgehead atoms. The maximum absolute atomic E-state index is 13.6. The van der Waals surface area contributed by atoms with Crippen LogP contribution in [0.1, 0.15) is 56.1 Å². The summed E-state index contributed by atoms with van der Waals surface area (Å²) in [7, 11) is 3.29. The number of carbonyl (C=O) groups is 2. The Morgan fingerprint density at radius 3 is 2.26 bits per heavy atom. The van der Waals surface area contributed by atoms with Crippen LogP contribution < -0.4 is 14.8 Å². The lowest BCUT2D eigenvalue weighted by atomic mass is 9.68. The Kier molecular flexibility index (Phi) is 7.76. The fourth-order valence-electron chi connectivity index (χ4n) is 5.43. The predicted octanol–water partition coefficient (Wildman–Crippen LogP) is 4.26. The molecule has 0 atom stereocenters. The molecule has 34 heavy (non-hydrogen) atoms. The summed E-state index contributed by atoms with van der Waals surface area (Å²) in [6.07, 6.45) is 6.96. The normalized spacial score (nSPS) is 18.2. The number of methoxy groups -OCH3 is 2. The molecule has 0 unspecified atom stereocenters. The van der Waals surface area contributed by atoms with Crippen LogP contribution in [-0.4, -0.2) is 50.1 Å². The first-order chi connectivity index (χ1) is 16.6. The average Bonchev–Trinajstić information content (AvgIpc) is 2.89. The van der Waals surface area contributed by atoms with Gasteiger partial charge in [-0.05, 0) is 49.4 Å². The van der Waals surface area contributed by atoms with Gasteiger partial charge in [-0.3, -0.25) is 9.59 Å². The third kappa shape index (κ3) is 5.21. The van der Waals surface area contributed by atoms with Crippen molar-refractivity contribution in [1.29, 1.82) is 0 Å². The molecule has 1 saturated heterocycles. The molecule has 0 spiro atoms. The van der Waals surface area contributed by atoms with E-state index in [2.05, 4.69) is 5.32 Å². The number of amides is 2. The van der Waals surface area contributed by atoms with E-state index in [0.29, 0.717) is 19.5 Å². The fraction of sp³-hybridized carbons (Fsp3) is 0.500. The average molecular weight is 465 g/mol. The number of benzene rings is 2. The summed E-state index contributed by atoms with van der Waals surface area (Å²) in [6.45, 7) is 1.32. The fourth-order valence-corrected chi connectivity index (χ4v) is 5.43. The molecule has 1 N–H and O–H groups in total. The molecule has 1 aliphatic carbocycles. The number of ether oxygens (including phenoxy) is 2. The molecule has 1 saturated carbocycles. The van der Waals surface area contributed by atoms with E-state index in [1.54, 1.807) is 14.2 Å². The zero-order valence-corrected chi connectivity index (χ0v) is 20.3. The number of carbonyl (C=O) groups excluding carboxylic acids is 2. The number of hydrogen-bond donors (Lipinski definition) is 1. The third-order valence-electron chi connectivity index (χ3n) is 7.50. The van der Waals surface area contributed by atoms with Gasteiger partial charge in [0.05, 0.1) is 26.1 Å². The van der Waals surface area contributed by atoms with Crippen LogP contribution in [0.2, 0.25) is 0 Å². The van der Waals surface area contributed by atoms with Crippen molar-refractivity contribution in [3.05, 3.63) is 59.7 Å². The number of nitrogens with one attached hydrogen (secondary N) is 1. The summed E-state index contributed by atoms with van der Waals surface area (Å²) < 4.78 is 10.7. The highest BCUT2D eigenvalue weighted by Gasteiger charge is 2.42. The van der Waals surface area contributed by atoms with E-state index >= 15 is 0 Å².